The lowest BCUT2D eigenvalue weighted by Crippen LogP contribution is -2.24. The molecule has 0 aliphatic rings. The van der Waals surface area contributed by atoms with Crippen molar-refractivity contribution in [1.29, 1.82) is 0 Å². The summed E-state index contributed by atoms with van der Waals surface area (Å²) in [6, 6.07) is 0. The van der Waals surface area contributed by atoms with Gasteiger partial charge in [0.25, 0.3) is 0 Å². The highest BCUT2D eigenvalue weighted by Crippen LogP contribution is 2.20. The monoisotopic (exact) mass is 458 g/mol. The van der Waals surface area contributed by atoms with E-state index in [1.54, 1.807) is 0 Å². The van der Waals surface area contributed by atoms with Gasteiger partial charge in [-0.25, -0.2) is 4.79 Å². The molecular formula is C25H46O7. The fourth-order valence-electron chi connectivity index (χ4n) is 3.53. The van der Waals surface area contributed by atoms with Crippen molar-refractivity contribution < 1.29 is 34.1 Å². The van der Waals surface area contributed by atoms with E-state index in [4.69, 9.17) is 19.7 Å². The predicted molar refractivity (Wildman–Crippen MR) is 124 cm³/mol. The zero-order valence-corrected chi connectivity index (χ0v) is 20.3. The van der Waals surface area contributed by atoms with Gasteiger partial charge >= 0.3 is 17.9 Å². The molecule has 0 radical (unpaired) electrons. The summed E-state index contributed by atoms with van der Waals surface area (Å²) >= 11 is 0. The second-order valence-electron chi connectivity index (χ2n) is 8.61. The highest BCUT2D eigenvalue weighted by atomic mass is 16.5. The molecule has 0 aliphatic heterocycles. The first-order chi connectivity index (χ1) is 15.4. The van der Waals surface area contributed by atoms with E-state index in [-0.39, 0.29) is 18.5 Å². The van der Waals surface area contributed by atoms with Gasteiger partial charge in [-0.3, -0.25) is 9.59 Å². The van der Waals surface area contributed by atoms with Crippen LogP contribution in [0.4, 0.5) is 0 Å². The van der Waals surface area contributed by atoms with Gasteiger partial charge in [-0.1, -0.05) is 78.1 Å². The number of esters is 2. The van der Waals surface area contributed by atoms with Crippen LogP contribution in [0.5, 0.6) is 0 Å². The summed E-state index contributed by atoms with van der Waals surface area (Å²) in [5.74, 6) is -2.25. The Morgan fingerprint density at radius 3 is 1.72 bits per heavy atom. The Morgan fingerprint density at radius 1 is 0.688 bits per heavy atom. The first-order valence-electron chi connectivity index (χ1n) is 12.6. The molecule has 0 bridgehead atoms. The lowest BCUT2D eigenvalue weighted by Gasteiger charge is -2.16. The van der Waals surface area contributed by atoms with Crippen LogP contribution in [0.15, 0.2) is 0 Å². The molecule has 7 heteroatoms. The van der Waals surface area contributed by atoms with Crippen molar-refractivity contribution in [3.63, 3.8) is 0 Å². The van der Waals surface area contributed by atoms with E-state index >= 15 is 0 Å². The van der Waals surface area contributed by atoms with E-state index in [0.29, 0.717) is 19.4 Å². The molecule has 0 aromatic rings. The Kier molecular flexibility index (Phi) is 20.1. The standard InChI is InChI=1S/C25H46O7/c1-3-5-7-9-10-13-17-21(16-12-8-6-4-2)25(30)32-19-15-11-14-18-31-23(27)20-22(26)24(28)29/h21-22,26H,3-20H2,1-2H3,(H,28,29)/t21?,22-/m0/s1. The number of aliphatic hydroxyl groups excluding tert-OH is 1. The zero-order chi connectivity index (χ0) is 24.0. The molecule has 0 rings (SSSR count). The van der Waals surface area contributed by atoms with Crippen LogP contribution in [0.1, 0.15) is 117 Å². The molecule has 7 nitrogen and oxygen atoms in total. The number of aliphatic carboxylic acids is 1. The first kappa shape index (κ1) is 30.4. The van der Waals surface area contributed by atoms with Crippen LogP contribution in [0.3, 0.4) is 0 Å². The van der Waals surface area contributed by atoms with Gasteiger partial charge in [0.15, 0.2) is 6.10 Å². The number of unbranched alkanes of at least 4 members (excludes halogenated alkanes) is 10. The van der Waals surface area contributed by atoms with Gasteiger partial charge < -0.3 is 19.7 Å². The van der Waals surface area contributed by atoms with Gasteiger partial charge in [-0.05, 0) is 32.1 Å². The molecule has 2 N–H and O–H groups in total. The number of carbonyl (C=O) groups is 3. The predicted octanol–water partition coefficient (Wildman–Crippen LogP) is 5.42. The number of carboxylic acids is 1. The molecular weight excluding hydrogens is 412 g/mol. The molecule has 2 atom stereocenters. The van der Waals surface area contributed by atoms with Crippen molar-refractivity contribution >= 4 is 17.9 Å². The fourth-order valence-corrected chi connectivity index (χ4v) is 3.53. The van der Waals surface area contributed by atoms with Crippen LogP contribution in [0, 0.1) is 5.92 Å². The second kappa shape index (κ2) is 21.2. The summed E-state index contributed by atoms with van der Waals surface area (Å²) in [5, 5.41) is 17.6. The SMILES string of the molecule is CCCCCCCCC(CCCCCC)C(=O)OCCCCCOC(=O)C[C@H](O)C(=O)O. The maximum Gasteiger partial charge on any atom is 0.333 e. The molecule has 0 saturated heterocycles. The number of ether oxygens (including phenoxy) is 2. The van der Waals surface area contributed by atoms with E-state index in [9.17, 15) is 14.4 Å². The average molecular weight is 459 g/mol. The van der Waals surface area contributed by atoms with E-state index in [1.165, 1.54) is 51.4 Å². The van der Waals surface area contributed by atoms with Gasteiger partial charge in [0, 0.05) is 0 Å². The molecule has 0 amide bonds. The van der Waals surface area contributed by atoms with Crippen LogP contribution in [-0.2, 0) is 23.9 Å². The highest BCUT2D eigenvalue weighted by molar-refractivity contribution is 5.80. The van der Waals surface area contributed by atoms with E-state index in [1.807, 2.05) is 0 Å². The molecule has 0 fully saturated rings. The fraction of sp³-hybridized carbons (Fsp3) is 0.880. The normalized spacial score (nSPS) is 12.8. The topological polar surface area (TPSA) is 110 Å². The number of carbonyl (C=O) groups excluding carboxylic acids is 2. The first-order valence-corrected chi connectivity index (χ1v) is 12.6. The third kappa shape index (κ3) is 18.0. The van der Waals surface area contributed by atoms with Gasteiger partial charge in [-0.2, -0.15) is 0 Å². The third-order valence-corrected chi connectivity index (χ3v) is 5.59. The lowest BCUT2D eigenvalue weighted by molar-refractivity contribution is -0.155. The van der Waals surface area contributed by atoms with Crippen molar-refractivity contribution in [2.24, 2.45) is 5.92 Å². The van der Waals surface area contributed by atoms with Gasteiger partial charge in [-0.15, -0.1) is 0 Å². The summed E-state index contributed by atoms with van der Waals surface area (Å²) in [6.45, 7) is 4.93. The van der Waals surface area contributed by atoms with Crippen LogP contribution in [0.25, 0.3) is 0 Å². The Bertz CT molecular complexity index is 493. The van der Waals surface area contributed by atoms with E-state index < -0.39 is 24.5 Å². The lowest BCUT2D eigenvalue weighted by atomic mass is 9.94. The van der Waals surface area contributed by atoms with Crippen molar-refractivity contribution in [3.8, 4) is 0 Å². The molecule has 188 valence electrons. The maximum atomic E-state index is 12.5. The van der Waals surface area contributed by atoms with Gasteiger partial charge in [0.2, 0.25) is 0 Å². The maximum absolute atomic E-state index is 12.5. The van der Waals surface area contributed by atoms with Crippen molar-refractivity contribution in [3.05, 3.63) is 0 Å². The number of carboxylic acid groups (broad SMARTS) is 1. The average Bonchev–Trinajstić information content (AvgIpc) is 2.76. The number of hydrogen-bond donors (Lipinski definition) is 2. The largest absolute Gasteiger partial charge is 0.479 e. The Balaban J connectivity index is 4.01. The second-order valence-corrected chi connectivity index (χ2v) is 8.61. The molecule has 0 heterocycles. The minimum atomic E-state index is -1.73. The van der Waals surface area contributed by atoms with Crippen LogP contribution in [0.2, 0.25) is 0 Å². The molecule has 1 unspecified atom stereocenters. The number of aliphatic hydroxyl groups is 1. The summed E-state index contributed by atoms with van der Waals surface area (Å²) in [6.07, 6.45) is 13.5. The van der Waals surface area contributed by atoms with Crippen molar-refractivity contribution in [2.75, 3.05) is 13.2 Å². The molecule has 0 aromatic heterocycles. The molecule has 0 saturated carbocycles. The van der Waals surface area contributed by atoms with E-state index in [0.717, 1.165) is 32.1 Å². The summed E-state index contributed by atoms with van der Waals surface area (Å²) in [5.41, 5.74) is 0. The molecule has 0 spiro atoms. The molecule has 32 heavy (non-hydrogen) atoms. The Labute approximate surface area is 194 Å². The smallest absolute Gasteiger partial charge is 0.333 e. The Hall–Kier alpha value is -1.63. The summed E-state index contributed by atoms with van der Waals surface area (Å²) < 4.78 is 10.4. The number of hydrogen-bond acceptors (Lipinski definition) is 6. The third-order valence-electron chi connectivity index (χ3n) is 5.59. The van der Waals surface area contributed by atoms with E-state index in [2.05, 4.69) is 13.8 Å². The highest BCUT2D eigenvalue weighted by Gasteiger charge is 2.20. The minimum Gasteiger partial charge on any atom is -0.479 e. The van der Waals surface area contributed by atoms with Crippen molar-refractivity contribution in [1.82, 2.24) is 0 Å². The Morgan fingerprint density at radius 2 is 1.16 bits per heavy atom. The zero-order valence-electron chi connectivity index (χ0n) is 20.3. The van der Waals surface area contributed by atoms with Crippen LogP contribution in [-0.4, -0.2) is 47.4 Å². The number of rotatable bonds is 22. The summed E-state index contributed by atoms with van der Waals surface area (Å²) in [7, 11) is 0. The quantitative estimate of drug-likeness (QED) is 0.165. The van der Waals surface area contributed by atoms with Crippen molar-refractivity contribution in [2.45, 2.75) is 123 Å². The van der Waals surface area contributed by atoms with Crippen LogP contribution < -0.4 is 0 Å². The molecule has 0 aromatic carbocycles. The van der Waals surface area contributed by atoms with Crippen LogP contribution >= 0.6 is 0 Å². The van der Waals surface area contributed by atoms with Gasteiger partial charge in [0.1, 0.15) is 0 Å². The van der Waals surface area contributed by atoms with Gasteiger partial charge in [0.05, 0.1) is 25.6 Å². The summed E-state index contributed by atoms with van der Waals surface area (Å²) in [4.78, 5) is 34.4. The molecule has 0 aliphatic carbocycles. The minimum absolute atomic E-state index is 0.000325.